The van der Waals surface area contributed by atoms with E-state index in [4.69, 9.17) is 0 Å². The first kappa shape index (κ1) is 14.1. The summed E-state index contributed by atoms with van der Waals surface area (Å²) in [4.78, 5) is 28.3. The third-order valence-corrected chi connectivity index (χ3v) is 7.81. The predicted molar refractivity (Wildman–Crippen MR) is 83.7 cm³/mol. The molecule has 1 spiro atoms. The van der Waals surface area contributed by atoms with Crippen LogP contribution in [0.3, 0.4) is 0 Å². The van der Waals surface area contributed by atoms with Crippen LogP contribution in [0.5, 0.6) is 0 Å². The van der Waals surface area contributed by atoms with E-state index in [1.165, 1.54) is 23.1 Å². The van der Waals surface area contributed by atoms with Crippen molar-refractivity contribution in [2.75, 3.05) is 7.05 Å². The molecule has 0 N–H and O–H groups in total. The molecular weight excluding hydrogens is 318 g/mol. The van der Waals surface area contributed by atoms with Crippen LogP contribution in [-0.2, 0) is 9.59 Å². The summed E-state index contributed by atoms with van der Waals surface area (Å²) >= 11 is 2.94. The van der Waals surface area contributed by atoms with Gasteiger partial charge in [0, 0.05) is 18.3 Å². The Morgan fingerprint density at radius 1 is 1.36 bits per heavy atom. The summed E-state index contributed by atoms with van der Waals surface area (Å²) in [6.07, 6.45) is 0.383. The normalized spacial score (nSPS) is 42.9. The molecule has 3 saturated heterocycles. The molecule has 4 atom stereocenters. The zero-order valence-electron chi connectivity index (χ0n) is 12.5. The van der Waals surface area contributed by atoms with Crippen LogP contribution < -0.4 is 0 Å². The molecule has 0 aromatic carbocycles. The molecule has 5 nitrogen and oxygen atoms in total. The van der Waals surface area contributed by atoms with Gasteiger partial charge in [0.1, 0.15) is 0 Å². The summed E-state index contributed by atoms with van der Waals surface area (Å²) < 4.78 is 0. The fourth-order valence-electron chi connectivity index (χ4n) is 4.01. The highest BCUT2D eigenvalue weighted by Gasteiger charge is 2.78. The highest BCUT2D eigenvalue weighted by atomic mass is 32.2. The quantitative estimate of drug-likeness (QED) is 0.790. The monoisotopic (exact) mass is 333 g/mol. The maximum absolute atomic E-state index is 13.0. The minimum Gasteiger partial charge on any atom is -0.320 e. The number of fused-ring (bicyclic) bond motifs is 1. The Hall–Kier alpha value is -1.52. The largest absolute Gasteiger partial charge is 0.320 e. The molecule has 2 amide bonds. The molecule has 22 heavy (non-hydrogen) atoms. The first-order chi connectivity index (χ1) is 10.3. The van der Waals surface area contributed by atoms with Crippen LogP contribution in [0.2, 0.25) is 0 Å². The summed E-state index contributed by atoms with van der Waals surface area (Å²) in [6.45, 7) is 3.67. The summed E-state index contributed by atoms with van der Waals surface area (Å²) in [5.41, 5.74) is -0.754. The molecule has 3 aliphatic heterocycles. The topological polar surface area (TPSA) is 64.4 Å². The van der Waals surface area contributed by atoms with Crippen molar-refractivity contribution in [3.63, 3.8) is 0 Å². The average Bonchev–Trinajstić information content (AvgIpc) is 3.17. The Bertz CT molecular complexity index is 742. The number of piperazine rings is 1. The molecular formula is C15H15N3O2S2. The van der Waals surface area contributed by atoms with Crippen molar-refractivity contribution < 1.29 is 9.59 Å². The molecule has 3 aliphatic rings. The lowest BCUT2D eigenvalue weighted by Crippen LogP contribution is -2.60. The van der Waals surface area contributed by atoms with Crippen molar-refractivity contribution >= 4 is 34.9 Å². The number of thioether (sulfide) groups is 1. The number of amides is 2. The average molecular weight is 333 g/mol. The predicted octanol–water partition coefficient (Wildman–Crippen LogP) is 2.18. The van der Waals surface area contributed by atoms with E-state index in [0.29, 0.717) is 6.42 Å². The number of rotatable bonds is 1. The van der Waals surface area contributed by atoms with E-state index in [-0.39, 0.29) is 17.9 Å². The van der Waals surface area contributed by atoms with Gasteiger partial charge < -0.3 is 9.80 Å². The molecule has 3 fully saturated rings. The van der Waals surface area contributed by atoms with Gasteiger partial charge in [0.15, 0.2) is 9.74 Å². The number of hydrogen-bond acceptors (Lipinski definition) is 5. The van der Waals surface area contributed by atoms with Gasteiger partial charge in [-0.1, -0.05) is 17.8 Å². The second kappa shape index (κ2) is 3.87. The number of likely N-dealkylation sites (N-methyl/N-ethyl adjacent to an activating group) is 1. The molecule has 0 aliphatic carbocycles. The van der Waals surface area contributed by atoms with Crippen LogP contribution in [-0.4, -0.2) is 38.4 Å². The number of carbonyl (C=O) groups is 2. The lowest BCUT2D eigenvalue weighted by Gasteiger charge is -2.39. The van der Waals surface area contributed by atoms with E-state index in [1.54, 1.807) is 23.8 Å². The molecule has 0 radical (unpaired) electrons. The number of nitriles is 1. The van der Waals surface area contributed by atoms with Crippen LogP contribution in [0.4, 0.5) is 0 Å². The van der Waals surface area contributed by atoms with Gasteiger partial charge in [0.05, 0.1) is 17.5 Å². The maximum Gasteiger partial charge on any atom is 0.261 e. The van der Waals surface area contributed by atoms with Gasteiger partial charge in [-0.25, -0.2) is 0 Å². The molecule has 4 rings (SSSR count). The van der Waals surface area contributed by atoms with Gasteiger partial charge in [-0.2, -0.15) is 5.26 Å². The Morgan fingerprint density at radius 3 is 2.68 bits per heavy atom. The van der Waals surface area contributed by atoms with Crippen molar-refractivity contribution in [2.45, 2.75) is 36.1 Å². The SMILES string of the molecule is CN1C(=O)[C@@]23C[C@](C)(C#N)[C@H](c4cccs4)N2C(=O)[C@]1(C)S3. The van der Waals surface area contributed by atoms with Crippen molar-refractivity contribution in [3.05, 3.63) is 22.4 Å². The lowest BCUT2D eigenvalue weighted by molar-refractivity contribution is -0.159. The van der Waals surface area contributed by atoms with Crippen LogP contribution in [0.25, 0.3) is 0 Å². The highest BCUT2D eigenvalue weighted by Crippen LogP contribution is 2.69. The van der Waals surface area contributed by atoms with E-state index in [0.717, 1.165) is 4.88 Å². The standard InChI is InChI=1S/C15H15N3O2S2/c1-13(8-16)7-15-12(20)17(3)14(2,22-15)11(19)18(15)10(13)9-5-4-6-21-9/h4-6,10H,7H2,1-3H3/t10-,13+,14-,15-/m0/s1. The van der Waals surface area contributed by atoms with E-state index in [1.807, 2.05) is 24.4 Å². The smallest absolute Gasteiger partial charge is 0.261 e. The van der Waals surface area contributed by atoms with Crippen molar-refractivity contribution in [3.8, 4) is 6.07 Å². The van der Waals surface area contributed by atoms with Gasteiger partial charge in [-0.05, 0) is 25.3 Å². The van der Waals surface area contributed by atoms with E-state index in [9.17, 15) is 14.9 Å². The molecule has 0 unspecified atom stereocenters. The summed E-state index contributed by atoms with van der Waals surface area (Å²) in [6, 6.07) is 5.90. The second-order valence-electron chi connectivity index (χ2n) is 6.53. The van der Waals surface area contributed by atoms with E-state index < -0.39 is 15.2 Å². The number of carbonyl (C=O) groups excluding carboxylic acids is 2. The first-order valence-corrected chi connectivity index (χ1v) is 8.77. The molecule has 7 heteroatoms. The number of hydrogen-bond donors (Lipinski definition) is 0. The Labute approximate surface area is 136 Å². The third-order valence-electron chi connectivity index (χ3n) is 5.19. The Kier molecular flexibility index (Phi) is 2.48. The van der Waals surface area contributed by atoms with Crippen molar-refractivity contribution in [1.29, 1.82) is 5.26 Å². The lowest BCUT2D eigenvalue weighted by atomic mass is 9.82. The van der Waals surface area contributed by atoms with Crippen molar-refractivity contribution in [1.82, 2.24) is 9.80 Å². The maximum atomic E-state index is 13.0. The fourth-order valence-corrected chi connectivity index (χ4v) is 6.93. The van der Waals surface area contributed by atoms with E-state index in [2.05, 4.69) is 6.07 Å². The zero-order valence-corrected chi connectivity index (χ0v) is 14.1. The molecule has 0 saturated carbocycles. The van der Waals surface area contributed by atoms with Gasteiger partial charge in [0.25, 0.3) is 11.8 Å². The molecule has 4 heterocycles. The Balaban J connectivity index is 1.94. The number of nitrogens with zero attached hydrogens (tertiary/aromatic N) is 3. The fraction of sp³-hybridized carbons (Fsp3) is 0.533. The second-order valence-corrected chi connectivity index (χ2v) is 9.19. The van der Waals surface area contributed by atoms with Gasteiger partial charge in [0.2, 0.25) is 0 Å². The van der Waals surface area contributed by atoms with Crippen LogP contribution in [0, 0.1) is 16.7 Å². The van der Waals surface area contributed by atoms with Gasteiger partial charge in [-0.3, -0.25) is 9.59 Å². The van der Waals surface area contributed by atoms with Gasteiger partial charge in [-0.15, -0.1) is 11.3 Å². The first-order valence-electron chi connectivity index (χ1n) is 7.07. The Morgan fingerprint density at radius 2 is 2.09 bits per heavy atom. The van der Waals surface area contributed by atoms with E-state index >= 15 is 0 Å². The molecule has 1 aromatic rings. The zero-order chi connectivity index (χ0) is 15.9. The minimum atomic E-state index is -0.917. The minimum absolute atomic E-state index is 0.0554. The molecule has 2 bridgehead atoms. The summed E-state index contributed by atoms with van der Waals surface area (Å²) in [5.74, 6) is -0.114. The summed E-state index contributed by atoms with van der Waals surface area (Å²) in [5, 5.41) is 11.7. The molecule has 114 valence electrons. The summed E-state index contributed by atoms with van der Waals surface area (Å²) in [7, 11) is 1.68. The van der Waals surface area contributed by atoms with Crippen molar-refractivity contribution in [2.24, 2.45) is 5.41 Å². The highest BCUT2D eigenvalue weighted by molar-refractivity contribution is 8.04. The van der Waals surface area contributed by atoms with Crippen LogP contribution in [0.15, 0.2) is 17.5 Å². The third kappa shape index (κ3) is 1.28. The van der Waals surface area contributed by atoms with Gasteiger partial charge >= 0.3 is 0 Å². The molecule has 1 aromatic heterocycles. The number of thiophene rings is 1. The van der Waals surface area contributed by atoms with Crippen LogP contribution >= 0.6 is 23.1 Å². The van der Waals surface area contributed by atoms with Crippen LogP contribution in [0.1, 0.15) is 31.2 Å².